The summed E-state index contributed by atoms with van der Waals surface area (Å²) in [4.78, 5) is 18.0. The first-order valence-corrected chi connectivity index (χ1v) is 29.2. The van der Waals surface area contributed by atoms with Gasteiger partial charge in [0, 0.05) is 70.9 Å². The van der Waals surface area contributed by atoms with E-state index in [2.05, 4.69) is 19.9 Å². The molecule has 16 heteroatoms. The molecule has 0 amide bonds. The van der Waals surface area contributed by atoms with E-state index in [1.54, 1.807) is 113 Å². The van der Waals surface area contributed by atoms with Gasteiger partial charge in [0.05, 0.1) is 45.5 Å². The van der Waals surface area contributed by atoms with Crippen LogP contribution in [0.25, 0.3) is 44.8 Å². The molecule has 0 N–H and O–H groups in total. The summed E-state index contributed by atoms with van der Waals surface area (Å²) in [6, 6.07) is 24.8. The van der Waals surface area contributed by atoms with Crippen molar-refractivity contribution in [2.45, 2.75) is 52.3 Å². The third-order valence-corrected chi connectivity index (χ3v) is 9.94. The molecule has 4 heterocycles. The van der Waals surface area contributed by atoms with Crippen LogP contribution in [0.15, 0.2) is 120 Å². The van der Waals surface area contributed by atoms with Crippen LogP contribution in [0, 0.1) is 13.8 Å². The number of aryl methyl sites for hydroxylation is 2. The molecule has 0 saturated heterocycles. The van der Waals surface area contributed by atoms with Gasteiger partial charge in [-0.2, -0.15) is 0 Å². The van der Waals surface area contributed by atoms with Gasteiger partial charge in [-0.05, 0) is 126 Å². The van der Waals surface area contributed by atoms with Gasteiger partial charge in [0.2, 0.25) is 0 Å². The number of nitrogens with zero attached hydrogens (tertiary/aromatic N) is 4. The molecule has 10 nitrogen and oxygen atoms in total. The van der Waals surface area contributed by atoms with Crippen LogP contribution >= 0.6 is 37.5 Å². The molecule has 0 aliphatic heterocycles. The van der Waals surface area contributed by atoms with Gasteiger partial charge in [-0.1, -0.05) is 76.2 Å². The molecule has 6 aromatic rings. The van der Waals surface area contributed by atoms with Gasteiger partial charge < -0.3 is 9.13 Å². The molecule has 0 unspecified atom stereocenters. The number of hydrogen-bond donors (Lipinski definition) is 0. The summed E-state index contributed by atoms with van der Waals surface area (Å²) in [5.74, 6) is 0. The summed E-state index contributed by atoms with van der Waals surface area (Å²) in [5.41, 5.74) is 8.43. The molecular weight excluding hydrogens is 902 g/mol. The summed E-state index contributed by atoms with van der Waals surface area (Å²) in [7, 11) is -9.74. The Hall–Kier alpha value is -4.02. The van der Waals surface area contributed by atoms with Crippen LogP contribution in [-0.4, -0.2) is 89.3 Å². The first kappa shape index (κ1) is 58.0. The van der Waals surface area contributed by atoms with Crippen LogP contribution in [0.3, 0.4) is 0 Å². The molecule has 0 radical (unpaired) electrons. The van der Waals surface area contributed by atoms with E-state index in [1.807, 2.05) is 64.1 Å². The largest absolute Gasteiger partial charge is 0.324 e. The van der Waals surface area contributed by atoms with E-state index in [9.17, 15) is 26.0 Å². The van der Waals surface area contributed by atoms with Gasteiger partial charge in [0.1, 0.15) is 0 Å². The first-order chi connectivity index (χ1) is 27.7. The number of sulfone groups is 2. The summed E-state index contributed by atoms with van der Waals surface area (Å²) in [5, 5.41) is 1.03. The van der Waals surface area contributed by atoms with Crippen molar-refractivity contribution in [3.8, 4) is 44.8 Å². The number of pyridine rings is 4. The van der Waals surface area contributed by atoms with E-state index in [0.29, 0.717) is 10.0 Å². The fourth-order valence-electron chi connectivity index (χ4n) is 4.76. The lowest BCUT2D eigenvalue weighted by molar-refractivity contribution is 0.585. The average Bonchev–Trinajstić information content (AvgIpc) is 3.15. The molecular formula is C46H62Cl2N4O6P2S2. The number of halogens is 2. The van der Waals surface area contributed by atoms with Crippen molar-refractivity contribution in [1.29, 1.82) is 0 Å². The highest BCUT2D eigenvalue weighted by Gasteiger charge is 2.14. The third kappa shape index (κ3) is 20.9. The maximum absolute atomic E-state index is 11.6. The highest BCUT2D eigenvalue weighted by molar-refractivity contribution is 7.91. The SMILES string of the molecule is C.C.CC.CP(C)(C)=O.CP(C)(C)=O.Cc1ccc(-c2ncc(Cl)cc2-c2ccc(S(C)(=O)=O)cc2)cn1.Cc1ccc(-c2ncc(Cl)cc2-c2ccc(S(C)(=O)=O)cc2)cn1. The van der Waals surface area contributed by atoms with E-state index in [-0.39, 0.29) is 24.6 Å². The highest BCUT2D eigenvalue weighted by Crippen LogP contribution is 2.34. The Bertz CT molecular complexity index is 2450. The van der Waals surface area contributed by atoms with Crippen molar-refractivity contribution in [2.24, 2.45) is 0 Å². The minimum absolute atomic E-state index is 0. The fourth-order valence-corrected chi connectivity index (χ4v) is 6.33. The lowest BCUT2D eigenvalue weighted by Crippen LogP contribution is -1.97. The number of benzene rings is 2. The average molecular weight is 964 g/mol. The maximum atomic E-state index is 11.6. The van der Waals surface area contributed by atoms with Crippen LogP contribution in [0.5, 0.6) is 0 Å². The minimum atomic E-state index is -3.23. The van der Waals surface area contributed by atoms with Crippen molar-refractivity contribution >= 4 is 57.2 Å². The van der Waals surface area contributed by atoms with Crippen LogP contribution in [0.4, 0.5) is 0 Å². The fraction of sp³-hybridized carbons (Fsp3) is 0.304. The molecule has 2 aromatic carbocycles. The van der Waals surface area contributed by atoms with Crippen LogP contribution in [0.2, 0.25) is 10.0 Å². The normalized spacial score (nSPS) is 10.9. The zero-order chi connectivity index (χ0) is 45.6. The molecule has 6 rings (SSSR count). The monoisotopic (exact) mass is 962 g/mol. The van der Waals surface area contributed by atoms with Crippen molar-refractivity contribution < 1.29 is 26.0 Å². The Morgan fingerprint density at radius 1 is 0.452 bits per heavy atom. The van der Waals surface area contributed by atoms with Gasteiger partial charge in [0.25, 0.3) is 0 Å². The Morgan fingerprint density at radius 2 is 0.710 bits per heavy atom. The van der Waals surface area contributed by atoms with Crippen LogP contribution in [-0.2, 0) is 28.8 Å². The third-order valence-electron chi connectivity index (χ3n) is 7.27. The molecule has 0 saturated carbocycles. The summed E-state index contributed by atoms with van der Waals surface area (Å²) in [6.45, 7) is 18.3. The van der Waals surface area contributed by atoms with Crippen LogP contribution < -0.4 is 0 Å². The lowest BCUT2D eigenvalue weighted by atomic mass is 10.0. The molecule has 0 spiro atoms. The predicted octanol–water partition coefficient (Wildman–Crippen LogP) is 13.1. The number of hydrogen-bond acceptors (Lipinski definition) is 10. The van der Waals surface area contributed by atoms with Crippen molar-refractivity contribution in [3.05, 3.63) is 131 Å². The molecule has 338 valence electrons. The minimum Gasteiger partial charge on any atom is -0.324 e. The summed E-state index contributed by atoms with van der Waals surface area (Å²) in [6.07, 6.45) is 9.08. The summed E-state index contributed by atoms with van der Waals surface area (Å²) < 4.78 is 66.9. The van der Waals surface area contributed by atoms with Crippen molar-refractivity contribution in [1.82, 2.24) is 19.9 Å². The van der Waals surface area contributed by atoms with Gasteiger partial charge in [0.15, 0.2) is 19.7 Å². The van der Waals surface area contributed by atoms with E-state index in [1.165, 1.54) is 12.5 Å². The molecule has 0 fully saturated rings. The van der Waals surface area contributed by atoms with E-state index < -0.39 is 34.0 Å². The number of aromatic nitrogens is 4. The predicted molar refractivity (Wildman–Crippen MR) is 267 cm³/mol. The van der Waals surface area contributed by atoms with Gasteiger partial charge in [-0.25, -0.2) is 16.8 Å². The summed E-state index contributed by atoms with van der Waals surface area (Å²) >= 11 is 12.2. The standard InChI is InChI=1S/2C18H15ClN2O2S.2C3H9OP.C2H6.2CH4/c2*1-12-3-4-14(10-20-12)18-17(9-15(19)11-21-18)13-5-7-16(8-6-13)24(2,22)23;2*1-5(2,3)4;1-2;;/h2*3-11H,1-2H3;2*1-3H3;1-2H3;2*1H4. The van der Waals surface area contributed by atoms with Crippen molar-refractivity contribution in [2.75, 3.05) is 52.5 Å². The van der Waals surface area contributed by atoms with Gasteiger partial charge >= 0.3 is 0 Å². The Balaban J connectivity index is 0.000000931. The first-order valence-electron chi connectivity index (χ1n) is 18.5. The zero-order valence-electron chi connectivity index (χ0n) is 36.1. The second-order valence-electron chi connectivity index (χ2n) is 14.8. The van der Waals surface area contributed by atoms with Crippen LogP contribution in [0.1, 0.15) is 40.1 Å². The Morgan fingerprint density at radius 3 is 0.935 bits per heavy atom. The maximum Gasteiger partial charge on any atom is 0.175 e. The van der Waals surface area contributed by atoms with Crippen molar-refractivity contribution in [3.63, 3.8) is 0 Å². The zero-order valence-corrected chi connectivity index (χ0v) is 41.0. The molecule has 4 aromatic heterocycles. The molecule has 62 heavy (non-hydrogen) atoms. The van der Waals surface area contributed by atoms with Gasteiger partial charge in [-0.15, -0.1) is 0 Å². The molecule has 0 atom stereocenters. The smallest absolute Gasteiger partial charge is 0.175 e. The quantitative estimate of drug-likeness (QED) is 0.147. The Kier molecular flexibility index (Phi) is 23.7. The molecule has 0 aliphatic carbocycles. The lowest BCUT2D eigenvalue weighted by Gasteiger charge is -2.10. The molecule has 0 aliphatic rings. The van der Waals surface area contributed by atoms with E-state index in [4.69, 9.17) is 23.2 Å². The Labute approximate surface area is 381 Å². The van der Waals surface area contributed by atoms with Gasteiger partial charge in [-0.3, -0.25) is 19.9 Å². The second kappa shape index (κ2) is 25.3. The highest BCUT2D eigenvalue weighted by atomic mass is 35.5. The van der Waals surface area contributed by atoms with E-state index >= 15 is 0 Å². The topological polar surface area (TPSA) is 154 Å². The van der Waals surface area contributed by atoms with E-state index in [0.717, 1.165) is 56.2 Å². The number of rotatable bonds is 6. The molecule has 0 bridgehead atoms. The second-order valence-corrected chi connectivity index (χ2v) is 27.3.